The molecule has 1 heterocycles. The summed E-state index contributed by atoms with van der Waals surface area (Å²) in [6.07, 6.45) is 0. The normalized spacial score (nSPS) is 11.5. The van der Waals surface area contributed by atoms with Crippen molar-refractivity contribution in [3.05, 3.63) is 196 Å². The average molecular weight is 620 g/mol. The van der Waals surface area contributed by atoms with Crippen molar-refractivity contribution < 1.29 is 19.1 Å². The van der Waals surface area contributed by atoms with Crippen LogP contribution in [0, 0.1) is 23.7 Å². The largest absolute Gasteiger partial charge is 0.457 e. The first-order valence-corrected chi connectivity index (χ1v) is 15.2. The van der Waals surface area contributed by atoms with Crippen molar-refractivity contribution >= 4 is 23.3 Å². The van der Waals surface area contributed by atoms with E-state index < -0.39 is 11.8 Å². The molecular weight excluding hydrogens is 594 g/mol. The molecule has 48 heavy (non-hydrogen) atoms. The molecule has 0 saturated carbocycles. The molecule has 0 atom stereocenters. The summed E-state index contributed by atoms with van der Waals surface area (Å²) in [6.45, 7) is 0. The maximum atomic E-state index is 13.4. The molecular formula is C43H25NO4. The first-order chi connectivity index (χ1) is 23.5. The smallest absolute Gasteiger partial charge is 0.266 e. The van der Waals surface area contributed by atoms with Gasteiger partial charge in [0, 0.05) is 39.4 Å². The second-order valence-electron chi connectivity index (χ2n) is 11.0. The zero-order chi connectivity index (χ0) is 32.9. The molecule has 5 nitrogen and oxygen atoms in total. The molecule has 0 aromatic heterocycles. The SMILES string of the molecule is O=C(c1ccc(C#Cc2ccccc2)cc1)c1ccc(Oc2cccc(N3C(=O)c4ccc(C#Cc5ccccc5)cc4C3=O)c2)cc1. The molecule has 0 saturated heterocycles. The Morgan fingerprint density at radius 3 is 1.60 bits per heavy atom. The van der Waals surface area contributed by atoms with Crippen LogP contribution < -0.4 is 9.64 Å². The van der Waals surface area contributed by atoms with Gasteiger partial charge in [-0.25, -0.2) is 4.90 Å². The first-order valence-electron chi connectivity index (χ1n) is 15.2. The third kappa shape index (κ3) is 6.39. The van der Waals surface area contributed by atoms with Crippen LogP contribution in [0.15, 0.2) is 152 Å². The van der Waals surface area contributed by atoms with Gasteiger partial charge >= 0.3 is 0 Å². The van der Waals surface area contributed by atoms with Gasteiger partial charge in [-0.05, 0) is 103 Å². The van der Waals surface area contributed by atoms with Crippen molar-refractivity contribution in [1.82, 2.24) is 0 Å². The Labute approximate surface area is 278 Å². The van der Waals surface area contributed by atoms with Crippen LogP contribution in [0.4, 0.5) is 5.69 Å². The minimum absolute atomic E-state index is 0.119. The number of ketones is 1. The monoisotopic (exact) mass is 619 g/mol. The Morgan fingerprint density at radius 1 is 0.458 bits per heavy atom. The fourth-order valence-corrected chi connectivity index (χ4v) is 5.25. The standard InChI is InChI=1S/C43H25NO4/c45-41(34-21-18-32(19-22-34)15-14-30-8-3-1-4-9-30)35-23-25-37(26-24-35)48-38-13-7-12-36(29-38)44-42(46)39-27-20-33(28-40(39)43(44)47)17-16-31-10-5-2-6-11-31/h1-13,18-29H. The number of imide groups is 1. The number of rotatable bonds is 5. The minimum Gasteiger partial charge on any atom is -0.457 e. The van der Waals surface area contributed by atoms with E-state index in [2.05, 4.69) is 23.7 Å². The third-order valence-electron chi connectivity index (χ3n) is 7.71. The summed E-state index contributed by atoms with van der Waals surface area (Å²) in [5.74, 6) is 12.4. The van der Waals surface area contributed by atoms with Gasteiger partial charge in [-0.2, -0.15) is 0 Å². The fourth-order valence-electron chi connectivity index (χ4n) is 5.25. The van der Waals surface area contributed by atoms with Crippen LogP contribution in [0.5, 0.6) is 11.5 Å². The highest BCUT2D eigenvalue weighted by atomic mass is 16.5. The summed E-state index contributed by atoms with van der Waals surface area (Å²) < 4.78 is 6.04. The van der Waals surface area contributed by atoms with E-state index in [1.165, 1.54) is 0 Å². The van der Waals surface area contributed by atoms with Crippen LogP contribution in [0.25, 0.3) is 0 Å². The molecule has 0 fully saturated rings. The number of anilines is 1. The van der Waals surface area contributed by atoms with Gasteiger partial charge in [0.05, 0.1) is 16.8 Å². The van der Waals surface area contributed by atoms with Crippen LogP contribution >= 0.6 is 0 Å². The number of hydrogen-bond donors (Lipinski definition) is 0. The van der Waals surface area contributed by atoms with E-state index in [4.69, 9.17) is 4.74 Å². The van der Waals surface area contributed by atoms with E-state index >= 15 is 0 Å². The molecule has 1 aliphatic rings. The lowest BCUT2D eigenvalue weighted by Crippen LogP contribution is -2.29. The van der Waals surface area contributed by atoms with Crippen molar-refractivity contribution in [1.29, 1.82) is 0 Å². The molecule has 0 unspecified atom stereocenters. The topological polar surface area (TPSA) is 63.7 Å². The second-order valence-corrected chi connectivity index (χ2v) is 11.0. The Bertz CT molecular complexity index is 2300. The van der Waals surface area contributed by atoms with Crippen LogP contribution in [0.1, 0.15) is 58.9 Å². The molecule has 0 radical (unpaired) electrons. The van der Waals surface area contributed by atoms with Crippen LogP contribution in [-0.4, -0.2) is 17.6 Å². The quantitative estimate of drug-likeness (QED) is 0.111. The molecule has 7 rings (SSSR count). The van der Waals surface area contributed by atoms with Gasteiger partial charge in [-0.1, -0.05) is 66.1 Å². The Morgan fingerprint density at radius 2 is 0.979 bits per heavy atom. The Kier molecular flexibility index (Phi) is 8.17. The van der Waals surface area contributed by atoms with E-state index in [0.29, 0.717) is 45.0 Å². The van der Waals surface area contributed by atoms with E-state index in [9.17, 15) is 14.4 Å². The first kappa shape index (κ1) is 29.7. The molecule has 5 heteroatoms. The van der Waals surface area contributed by atoms with Crippen molar-refractivity contribution in [2.24, 2.45) is 0 Å². The van der Waals surface area contributed by atoms with E-state index in [1.807, 2.05) is 72.8 Å². The van der Waals surface area contributed by atoms with E-state index in [1.54, 1.807) is 78.9 Å². The summed E-state index contributed by atoms with van der Waals surface area (Å²) in [5.41, 5.74) is 5.33. The molecule has 6 aromatic rings. The number of carbonyl (C=O) groups is 3. The molecule has 1 aliphatic heterocycles. The van der Waals surface area contributed by atoms with Gasteiger partial charge in [0.2, 0.25) is 0 Å². The highest BCUT2D eigenvalue weighted by Crippen LogP contribution is 2.32. The van der Waals surface area contributed by atoms with Crippen molar-refractivity contribution in [2.75, 3.05) is 4.90 Å². The summed E-state index contributed by atoms with van der Waals surface area (Å²) in [5, 5.41) is 0. The van der Waals surface area contributed by atoms with Gasteiger partial charge < -0.3 is 4.74 Å². The maximum Gasteiger partial charge on any atom is 0.266 e. The number of ether oxygens (including phenoxy) is 1. The molecule has 0 spiro atoms. The predicted octanol–water partition coefficient (Wildman–Crippen LogP) is 8.31. The highest BCUT2D eigenvalue weighted by molar-refractivity contribution is 6.34. The summed E-state index contributed by atoms with van der Waals surface area (Å²) >= 11 is 0. The van der Waals surface area contributed by atoms with Crippen molar-refractivity contribution in [3.63, 3.8) is 0 Å². The molecule has 226 valence electrons. The number of fused-ring (bicyclic) bond motifs is 1. The summed E-state index contributed by atoms with van der Waals surface area (Å²) in [7, 11) is 0. The molecule has 6 aromatic carbocycles. The number of benzene rings is 6. The molecule has 0 bridgehead atoms. The number of nitrogens with zero attached hydrogens (tertiary/aromatic N) is 1. The van der Waals surface area contributed by atoms with Crippen LogP contribution in [0.3, 0.4) is 0 Å². The van der Waals surface area contributed by atoms with E-state index in [0.717, 1.165) is 21.6 Å². The summed E-state index contributed by atoms with van der Waals surface area (Å²) in [6, 6.07) is 45.1. The van der Waals surface area contributed by atoms with Crippen LogP contribution in [-0.2, 0) is 0 Å². The number of amides is 2. The Balaban J connectivity index is 1.02. The lowest BCUT2D eigenvalue weighted by atomic mass is 10.0. The summed E-state index contributed by atoms with van der Waals surface area (Å²) in [4.78, 5) is 41.0. The lowest BCUT2D eigenvalue weighted by molar-refractivity contribution is 0.0925. The molecule has 2 amide bonds. The average Bonchev–Trinajstić information content (AvgIpc) is 3.39. The second kappa shape index (κ2) is 13.2. The van der Waals surface area contributed by atoms with Crippen molar-refractivity contribution in [3.8, 4) is 35.2 Å². The zero-order valence-corrected chi connectivity index (χ0v) is 25.5. The van der Waals surface area contributed by atoms with Crippen molar-refractivity contribution in [2.45, 2.75) is 0 Å². The lowest BCUT2D eigenvalue weighted by Gasteiger charge is -2.15. The highest BCUT2D eigenvalue weighted by Gasteiger charge is 2.37. The third-order valence-corrected chi connectivity index (χ3v) is 7.71. The Hall–Kier alpha value is -6.95. The number of carbonyl (C=O) groups excluding carboxylic acids is 3. The van der Waals surface area contributed by atoms with Gasteiger partial charge in [-0.3, -0.25) is 14.4 Å². The number of hydrogen-bond acceptors (Lipinski definition) is 4. The van der Waals surface area contributed by atoms with Gasteiger partial charge in [0.25, 0.3) is 11.8 Å². The van der Waals surface area contributed by atoms with E-state index in [-0.39, 0.29) is 5.78 Å². The van der Waals surface area contributed by atoms with Gasteiger partial charge in [-0.15, -0.1) is 0 Å². The molecule has 0 aliphatic carbocycles. The van der Waals surface area contributed by atoms with Gasteiger partial charge in [0.15, 0.2) is 5.78 Å². The zero-order valence-electron chi connectivity index (χ0n) is 25.5. The minimum atomic E-state index is -0.422. The fraction of sp³-hybridized carbons (Fsp3) is 0. The maximum absolute atomic E-state index is 13.4. The predicted molar refractivity (Wildman–Crippen MR) is 185 cm³/mol. The molecule has 0 N–H and O–H groups in total. The van der Waals surface area contributed by atoms with Gasteiger partial charge in [0.1, 0.15) is 11.5 Å². The van der Waals surface area contributed by atoms with Crippen LogP contribution in [0.2, 0.25) is 0 Å².